The molecule has 0 radical (unpaired) electrons. The Bertz CT molecular complexity index is 764. The zero-order valence-electron chi connectivity index (χ0n) is 17.2. The van der Waals surface area contributed by atoms with Crippen LogP contribution in [-0.4, -0.2) is 47.8 Å². The van der Waals surface area contributed by atoms with Crippen LogP contribution in [0.5, 0.6) is 5.75 Å². The Labute approximate surface area is 182 Å². The lowest BCUT2D eigenvalue weighted by Crippen LogP contribution is -2.20. The van der Waals surface area contributed by atoms with Crippen molar-refractivity contribution in [2.45, 2.75) is 44.3 Å². The quantitative estimate of drug-likeness (QED) is 0.366. The Morgan fingerprint density at radius 3 is 2.93 bits per heavy atom. The van der Waals surface area contributed by atoms with Crippen molar-refractivity contribution in [2.24, 2.45) is 11.8 Å². The van der Waals surface area contributed by atoms with Gasteiger partial charge in [0.25, 0.3) is 0 Å². The minimum Gasteiger partial charge on any atom is -0.491 e. The Morgan fingerprint density at radius 1 is 1.40 bits per heavy atom. The van der Waals surface area contributed by atoms with Gasteiger partial charge in [-0.25, -0.2) is 0 Å². The van der Waals surface area contributed by atoms with Crippen LogP contribution in [0.3, 0.4) is 0 Å². The summed E-state index contributed by atoms with van der Waals surface area (Å²) in [6.07, 6.45) is 8.28. The van der Waals surface area contributed by atoms with Crippen LogP contribution in [0.15, 0.2) is 48.6 Å². The molecule has 1 aromatic carbocycles. The average molecular weight is 436 g/mol. The first kappa shape index (κ1) is 24.1. The van der Waals surface area contributed by atoms with Crippen LogP contribution < -0.4 is 10.1 Å². The van der Waals surface area contributed by atoms with Gasteiger partial charge in [-0.3, -0.25) is 9.59 Å². The molecule has 30 heavy (non-hydrogen) atoms. The van der Waals surface area contributed by atoms with Crippen molar-refractivity contribution in [3.05, 3.63) is 53.6 Å². The second kappa shape index (κ2) is 12.5. The number of ether oxygens (including phenoxy) is 1. The number of allylic oxidation sites excluding steroid dienone is 3. The third kappa shape index (κ3) is 7.94. The number of rotatable bonds is 11. The van der Waals surface area contributed by atoms with Crippen molar-refractivity contribution in [3.8, 4) is 5.75 Å². The van der Waals surface area contributed by atoms with E-state index in [9.17, 15) is 19.8 Å². The minimum atomic E-state index is -0.879. The molecule has 6 nitrogen and oxygen atoms in total. The first-order chi connectivity index (χ1) is 14.4. The summed E-state index contributed by atoms with van der Waals surface area (Å²) in [6, 6.07) is 6.90. The van der Waals surface area contributed by atoms with Gasteiger partial charge >= 0.3 is 0 Å². The highest BCUT2D eigenvalue weighted by Crippen LogP contribution is 2.33. The molecule has 0 aliphatic heterocycles. The molecule has 0 bridgehead atoms. The highest BCUT2D eigenvalue weighted by atomic mass is 35.5. The monoisotopic (exact) mass is 435 g/mol. The van der Waals surface area contributed by atoms with Crippen molar-refractivity contribution in [2.75, 3.05) is 13.7 Å². The van der Waals surface area contributed by atoms with Gasteiger partial charge in [0.2, 0.25) is 5.91 Å². The maximum atomic E-state index is 12.3. The van der Waals surface area contributed by atoms with Crippen LogP contribution in [0.1, 0.15) is 32.1 Å². The Morgan fingerprint density at radius 2 is 2.20 bits per heavy atom. The van der Waals surface area contributed by atoms with Gasteiger partial charge < -0.3 is 20.3 Å². The highest BCUT2D eigenvalue weighted by molar-refractivity contribution is 6.30. The van der Waals surface area contributed by atoms with E-state index in [4.69, 9.17) is 16.3 Å². The van der Waals surface area contributed by atoms with E-state index in [0.29, 0.717) is 23.6 Å². The van der Waals surface area contributed by atoms with Gasteiger partial charge in [0.1, 0.15) is 24.2 Å². The lowest BCUT2D eigenvalue weighted by Gasteiger charge is -2.17. The number of ketones is 1. The number of hydrogen-bond acceptors (Lipinski definition) is 5. The maximum Gasteiger partial charge on any atom is 0.219 e. The molecule has 1 fully saturated rings. The number of nitrogens with one attached hydrogen (secondary N) is 1. The molecule has 7 heteroatoms. The standard InChI is InChI=1S/C23H30ClNO5/c1-25-23(29)10-5-3-2-4-9-19-20(22(28)14-21(19)27)12-11-17(26)15-30-18-8-6-7-16(24)13-18/h2,4,6-8,11-13,17,19-21,26-27H,3,5,9-10,14-15H2,1H3,(H,25,29)/b4-2-,12-11+/t17-,19-,20-,21+/m1/s1. The van der Waals surface area contributed by atoms with Gasteiger partial charge in [-0.15, -0.1) is 0 Å². The van der Waals surface area contributed by atoms with Crippen LogP contribution in [0.25, 0.3) is 0 Å². The van der Waals surface area contributed by atoms with E-state index in [-0.39, 0.29) is 30.6 Å². The normalized spacial score (nSPS) is 22.7. The first-order valence-corrected chi connectivity index (χ1v) is 10.6. The lowest BCUT2D eigenvalue weighted by molar-refractivity contribution is -0.121. The lowest BCUT2D eigenvalue weighted by atomic mass is 9.90. The van der Waals surface area contributed by atoms with Crippen molar-refractivity contribution >= 4 is 23.3 Å². The number of carbonyl (C=O) groups is 2. The summed E-state index contributed by atoms with van der Waals surface area (Å²) in [4.78, 5) is 23.5. The van der Waals surface area contributed by atoms with Gasteiger partial charge in [-0.1, -0.05) is 42.0 Å². The summed E-state index contributed by atoms with van der Waals surface area (Å²) in [6.45, 7) is 0.0379. The Kier molecular flexibility index (Phi) is 10.1. The Hall–Kier alpha value is -2.15. The summed E-state index contributed by atoms with van der Waals surface area (Å²) in [5, 5.41) is 23.5. The molecule has 1 aliphatic rings. The molecule has 0 unspecified atom stereocenters. The molecule has 1 aliphatic carbocycles. The van der Waals surface area contributed by atoms with Crippen molar-refractivity contribution < 1.29 is 24.5 Å². The van der Waals surface area contributed by atoms with Gasteiger partial charge in [-0.05, 0) is 37.5 Å². The number of aliphatic hydroxyl groups excluding tert-OH is 2. The van der Waals surface area contributed by atoms with Crippen LogP contribution in [-0.2, 0) is 9.59 Å². The molecule has 1 saturated carbocycles. The molecule has 1 aromatic rings. The van der Waals surface area contributed by atoms with Gasteiger partial charge in [0.15, 0.2) is 0 Å². The fourth-order valence-electron chi connectivity index (χ4n) is 3.44. The summed E-state index contributed by atoms with van der Waals surface area (Å²) < 4.78 is 5.51. The number of hydrogen-bond donors (Lipinski definition) is 3. The number of Topliss-reactive ketones (excluding diaryl/α,β-unsaturated/α-hetero) is 1. The van der Waals surface area contributed by atoms with E-state index < -0.39 is 18.1 Å². The number of halogens is 1. The summed E-state index contributed by atoms with van der Waals surface area (Å²) in [5.41, 5.74) is 0. The van der Waals surface area contributed by atoms with Crippen molar-refractivity contribution in [3.63, 3.8) is 0 Å². The van der Waals surface area contributed by atoms with E-state index in [1.165, 1.54) is 0 Å². The molecular weight excluding hydrogens is 406 g/mol. The van der Waals surface area contributed by atoms with Crippen molar-refractivity contribution in [1.82, 2.24) is 5.32 Å². The van der Waals surface area contributed by atoms with Crippen LogP contribution in [0.2, 0.25) is 5.02 Å². The van der Waals surface area contributed by atoms with E-state index in [1.807, 2.05) is 12.2 Å². The number of unbranched alkanes of at least 4 members (excludes halogenated alkanes) is 1. The molecule has 0 heterocycles. The van der Waals surface area contributed by atoms with Crippen molar-refractivity contribution in [1.29, 1.82) is 0 Å². The number of amides is 1. The first-order valence-electron chi connectivity index (χ1n) is 10.2. The molecule has 164 valence electrons. The number of benzene rings is 1. The molecule has 1 amide bonds. The zero-order chi connectivity index (χ0) is 21.9. The topological polar surface area (TPSA) is 95.9 Å². The van der Waals surface area contributed by atoms with E-state index in [2.05, 4.69) is 5.32 Å². The molecule has 3 N–H and O–H groups in total. The molecule has 4 atom stereocenters. The molecule has 0 aromatic heterocycles. The predicted octanol–water partition coefficient (Wildman–Crippen LogP) is 3.06. The Balaban J connectivity index is 1.82. The second-order valence-electron chi connectivity index (χ2n) is 7.42. The van der Waals surface area contributed by atoms with Crippen LogP contribution in [0.4, 0.5) is 0 Å². The SMILES string of the molecule is CNC(=O)CCC/C=C\C[C@H]1[C@@H](O)CC(=O)[C@@H]1/C=C/[C@@H](O)COc1cccc(Cl)c1. The number of aliphatic hydroxyl groups is 2. The highest BCUT2D eigenvalue weighted by Gasteiger charge is 2.39. The summed E-state index contributed by atoms with van der Waals surface area (Å²) >= 11 is 5.90. The third-order valence-electron chi connectivity index (χ3n) is 5.12. The van der Waals surface area contributed by atoms with Crippen LogP contribution >= 0.6 is 11.6 Å². The summed E-state index contributed by atoms with van der Waals surface area (Å²) in [5.74, 6) is -0.105. The molecular formula is C23H30ClNO5. The smallest absolute Gasteiger partial charge is 0.219 e. The average Bonchev–Trinajstić information content (AvgIpc) is 2.99. The zero-order valence-corrected chi connectivity index (χ0v) is 17.9. The second-order valence-corrected chi connectivity index (χ2v) is 7.86. The van der Waals surface area contributed by atoms with Gasteiger partial charge in [0.05, 0.1) is 6.10 Å². The molecule has 2 rings (SSSR count). The molecule has 0 spiro atoms. The van der Waals surface area contributed by atoms with Crippen LogP contribution in [0, 0.1) is 11.8 Å². The van der Waals surface area contributed by atoms with Gasteiger partial charge in [0, 0.05) is 36.7 Å². The van der Waals surface area contributed by atoms with Gasteiger partial charge in [-0.2, -0.15) is 0 Å². The fraction of sp³-hybridized carbons (Fsp3) is 0.478. The summed E-state index contributed by atoms with van der Waals surface area (Å²) in [7, 11) is 1.62. The van der Waals surface area contributed by atoms with E-state index in [1.54, 1.807) is 43.5 Å². The molecule has 0 saturated heterocycles. The minimum absolute atomic E-state index is 0.0170. The van der Waals surface area contributed by atoms with E-state index >= 15 is 0 Å². The maximum absolute atomic E-state index is 12.3. The predicted molar refractivity (Wildman–Crippen MR) is 116 cm³/mol. The number of carbonyl (C=O) groups excluding carboxylic acids is 2. The fourth-order valence-corrected chi connectivity index (χ4v) is 3.62. The van der Waals surface area contributed by atoms with E-state index in [0.717, 1.165) is 12.8 Å². The third-order valence-corrected chi connectivity index (χ3v) is 5.36. The largest absolute Gasteiger partial charge is 0.491 e.